The van der Waals surface area contributed by atoms with Crippen molar-refractivity contribution in [1.29, 1.82) is 0 Å². The Labute approximate surface area is 159 Å². The first-order valence-electron chi connectivity index (χ1n) is 9.12. The SMILES string of the molecule is CCOC(=O)C1CCN(Cn2nc(C)n(-c3ccc(C)cc3)c2=S)CC1. The first kappa shape index (κ1) is 18.8. The minimum absolute atomic E-state index is 0.0195. The summed E-state index contributed by atoms with van der Waals surface area (Å²) in [6, 6.07) is 8.28. The minimum atomic E-state index is -0.0664. The highest BCUT2D eigenvalue weighted by atomic mass is 32.1. The number of benzene rings is 1. The Kier molecular flexibility index (Phi) is 5.88. The summed E-state index contributed by atoms with van der Waals surface area (Å²) in [7, 11) is 0. The fraction of sp³-hybridized carbons (Fsp3) is 0.526. The van der Waals surface area contributed by atoms with E-state index >= 15 is 0 Å². The van der Waals surface area contributed by atoms with Crippen molar-refractivity contribution in [2.24, 2.45) is 5.92 Å². The fourth-order valence-electron chi connectivity index (χ4n) is 3.36. The second kappa shape index (κ2) is 8.14. The highest BCUT2D eigenvalue weighted by Gasteiger charge is 2.26. The van der Waals surface area contributed by atoms with Crippen LogP contribution in [-0.4, -0.2) is 44.9 Å². The molecule has 140 valence electrons. The second-order valence-electron chi connectivity index (χ2n) is 6.79. The molecule has 1 saturated heterocycles. The molecule has 0 spiro atoms. The van der Waals surface area contributed by atoms with E-state index in [-0.39, 0.29) is 11.9 Å². The number of ether oxygens (including phenoxy) is 1. The third-order valence-electron chi connectivity index (χ3n) is 4.83. The van der Waals surface area contributed by atoms with E-state index in [1.165, 1.54) is 5.56 Å². The van der Waals surface area contributed by atoms with Crippen LogP contribution in [-0.2, 0) is 16.2 Å². The Bertz CT molecular complexity index is 817. The maximum Gasteiger partial charge on any atom is 0.309 e. The molecule has 1 aliphatic rings. The van der Waals surface area contributed by atoms with E-state index in [4.69, 9.17) is 17.0 Å². The number of piperidine rings is 1. The van der Waals surface area contributed by atoms with Crippen molar-refractivity contribution in [1.82, 2.24) is 19.2 Å². The zero-order chi connectivity index (χ0) is 18.7. The maximum atomic E-state index is 11.9. The van der Waals surface area contributed by atoms with Crippen LogP contribution in [0.25, 0.3) is 5.69 Å². The van der Waals surface area contributed by atoms with Gasteiger partial charge in [-0.1, -0.05) is 17.7 Å². The zero-order valence-corrected chi connectivity index (χ0v) is 16.5. The molecule has 0 atom stereocenters. The van der Waals surface area contributed by atoms with Crippen molar-refractivity contribution in [3.63, 3.8) is 0 Å². The Hall–Kier alpha value is -1.99. The molecular formula is C19H26N4O2S. The van der Waals surface area contributed by atoms with Crippen LogP contribution in [0, 0.1) is 24.5 Å². The van der Waals surface area contributed by atoms with Crippen LogP contribution in [0.5, 0.6) is 0 Å². The largest absolute Gasteiger partial charge is 0.466 e. The molecule has 3 rings (SSSR count). The lowest BCUT2D eigenvalue weighted by Gasteiger charge is -2.30. The molecule has 1 fully saturated rings. The van der Waals surface area contributed by atoms with Crippen LogP contribution in [0.2, 0.25) is 0 Å². The number of hydrogen-bond acceptors (Lipinski definition) is 5. The number of esters is 1. The van der Waals surface area contributed by atoms with E-state index in [0.29, 0.717) is 18.0 Å². The van der Waals surface area contributed by atoms with Crippen molar-refractivity contribution in [3.8, 4) is 5.69 Å². The maximum absolute atomic E-state index is 11.9. The van der Waals surface area contributed by atoms with Gasteiger partial charge >= 0.3 is 5.97 Å². The van der Waals surface area contributed by atoms with E-state index in [9.17, 15) is 4.79 Å². The van der Waals surface area contributed by atoms with E-state index < -0.39 is 0 Å². The average molecular weight is 375 g/mol. The molecule has 1 aromatic carbocycles. The van der Waals surface area contributed by atoms with E-state index in [1.807, 2.05) is 23.1 Å². The number of carbonyl (C=O) groups excluding carboxylic acids is 1. The van der Waals surface area contributed by atoms with Crippen molar-refractivity contribution in [2.45, 2.75) is 40.3 Å². The first-order valence-corrected chi connectivity index (χ1v) is 9.53. The number of carbonyl (C=O) groups is 1. The van der Waals surface area contributed by atoms with Gasteiger partial charge in [-0.2, -0.15) is 5.10 Å². The molecule has 1 aliphatic heterocycles. The molecule has 1 aromatic heterocycles. The van der Waals surface area contributed by atoms with Gasteiger partial charge in [0.05, 0.1) is 19.2 Å². The van der Waals surface area contributed by atoms with Gasteiger partial charge in [-0.15, -0.1) is 0 Å². The van der Waals surface area contributed by atoms with Gasteiger partial charge in [0.15, 0.2) is 0 Å². The molecule has 2 heterocycles. The van der Waals surface area contributed by atoms with Gasteiger partial charge in [0, 0.05) is 18.8 Å². The number of aromatic nitrogens is 3. The van der Waals surface area contributed by atoms with Crippen LogP contribution in [0.15, 0.2) is 24.3 Å². The summed E-state index contributed by atoms with van der Waals surface area (Å²) in [4.78, 5) is 14.2. The first-order chi connectivity index (χ1) is 12.5. The van der Waals surface area contributed by atoms with E-state index in [2.05, 4.69) is 41.2 Å². The van der Waals surface area contributed by atoms with Crippen molar-refractivity contribution in [3.05, 3.63) is 40.4 Å². The number of likely N-dealkylation sites (tertiary alicyclic amines) is 1. The van der Waals surface area contributed by atoms with Crippen LogP contribution in [0.1, 0.15) is 31.2 Å². The highest BCUT2D eigenvalue weighted by molar-refractivity contribution is 7.71. The lowest BCUT2D eigenvalue weighted by atomic mass is 9.97. The van der Waals surface area contributed by atoms with Crippen molar-refractivity contribution < 1.29 is 9.53 Å². The Morgan fingerprint density at radius 3 is 2.50 bits per heavy atom. The molecule has 7 heteroatoms. The van der Waals surface area contributed by atoms with Crippen molar-refractivity contribution in [2.75, 3.05) is 19.7 Å². The lowest BCUT2D eigenvalue weighted by molar-refractivity contribution is -0.149. The predicted molar refractivity (Wildman–Crippen MR) is 103 cm³/mol. The van der Waals surface area contributed by atoms with Crippen LogP contribution in [0.3, 0.4) is 0 Å². The van der Waals surface area contributed by atoms with Crippen molar-refractivity contribution >= 4 is 18.2 Å². The molecular weight excluding hydrogens is 348 g/mol. The van der Waals surface area contributed by atoms with Gasteiger partial charge in [-0.3, -0.25) is 14.3 Å². The quantitative estimate of drug-likeness (QED) is 0.594. The monoisotopic (exact) mass is 374 g/mol. The summed E-state index contributed by atoms with van der Waals surface area (Å²) in [6.07, 6.45) is 1.65. The fourth-order valence-corrected chi connectivity index (χ4v) is 3.69. The summed E-state index contributed by atoms with van der Waals surface area (Å²) >= 11 is 5.66. The predicted octanol–water partition coefficient (Wildman–Crippen LogP) is 3.25. The van der Waals surface area contributed by atoms with Gasteiger partial charge in [-0.05, 0) is 58.0 Å². The average Bonchev–Trinajstić information content (AvgIpc) is 2.90. The molecule has 0 N–H and O–H groups in total. The summed E-state index contributed by atoms with van der Waals surface area (Å²) < 4.78 is 9.70. The molecule has 0 radical (unpaired) electrons. The number of aryl methyl sites for hydroxylation is 2. The molecule has 0 amide bonds. The van der Waals surface area contributed by atoms with Gasteiger partial charge in [0.25, 0.3) is 0 Å². The van der Waals surface area contributed by atoms with Crippen LogP contribution in [0.4, 0.5) is 0 Å². The summed E-state index contributed by atoms with van der Waals surface area (Å²) in [5.74, 6) is 0.828. The van der Waals surface area contributed by atoms with E-state index in [0.717, 1.165) is 37.4 Å². The summed E-state index contributed by atoms with van der Waals surface area (Å²) in [6.45, 7) is 8.68. The van der Waals surface area contributed by atoms with Gasteiger partial charge in [-0.25, -0.2) is 4.68 Å². The molecule has 2 aromatic rings. The standard InChI is InChI=1S/C19H26N4O2S/c1-4-25-18(24)16-9-11-21(12-10-16)13-22-19(26)23(15(3)20-22)17-7-5-14(2)6-8-17/h5-8,16H,4,9-13H2,1-3H3. The minimum Gasteiger partial charge on any atom is -0.466 e. The molecule has 6 nitrogen and oxygen atoms in total. The molecule has 0 aliphatic carbocycles. The number of rotatable bonds is 5. The van der Waals surface area contributed by atoms with E-state index in [1.54, 1.807) is 0 Å². The Morgan fingerprint density at radius 2 is 1.88 bits per heavy atom. The Balaban J connectivity index is 1.68. The molecule has 0 bridgehead atoms. The van der Waals surface area contributed by atoms with Gasteiger partial charge in [0.1, 0.15) is 5.82 Å². The lowest BCUT2D eigenvalue weighted by Crippen LogP contribution is -2.38. The number of hydrogen-bond donors (Lipinski definition) is 0. The van der Waals surface area contributed by atoms with Gasteiger partial charge < -0.3 is 4.74 Å². The molecule has 0 saturated carbocycles. The summed E-state index contributed by atoms with van der Waals surface area (Å²) in [5.41, 5.74) is 2.25. The second-order valence-corrected chi connectivity index (χ2v) is 7.15. The Morgan fingerprint density at radius 1 is 1.23 bits per heavy atom. The van der Waals surface area contributed by atoms with Crippen LogP contribution < -0.4 is 0 Å². The number of nitrogens with zero attached hydrogens (tertiary/aromatic N) is 4. The summed E-state index contributed by atoms with van der Waals surface area (Å²) in [5, 5.41) is 4.63. The normalized spacial score (nSPS) is 16.0. The molecule has 26 heavy (non-hydrogen) atoms. The van der Waals surface area contributed by atoms with Crippen LogP contribution >= 0.6 is 12.2 Å². The topological polar surface area (TPSA) is 52.3 Å². The third-order valence-corrected chi connectivity index (χ3v) is 5.23. The zero-order valence-electron chi connectivity index (χ0n) is 15.6. The smallest absolute Gasteiger partial charge is 0.309 e. The third kappa shape index (κ3) is 4.04. The molecule has 0 unspecified atom stereocenters. The highest BCUT2D eigenvalue weighted by Crippen LogP contribution is 2.20. The van der Waals surface area contributed by atoms with Gasteiger partial charge in [0.2, 0.25) is 4.77 Å².